The van der Waals surface area contributed by atoms with E-state index in [1.807, 2.05) is 37.7 Å². The van der Waals surface area contributed by atoms with E-state index in [0.717, 1.165) is 6.08 Å². The van der Waals surface area contributed by atoms with Crippen LogP contribution in [0.15, 0.2) is 23.8 Å². The van der Waals surface area contributed by atoms with Crippen molar-refractivity contribution in [3.63, 3.8) is 0 Å². The summed E-state index contributed by atoms with van der Waals surface area (Å²) in [6.45, 7) is 20.6. The fourth-order valence-electron chi connectivity index (χ4n) is 15.2. The van der Waals surface area contributed by atoms with Gasteiger partial charge in [-0.05, 0) is 144 Å². The van der Waals surface area contributed by atoms with E-state index in [4.69, 9.17) is 23.7 Å². The summed E-state index contributed by atoms with van der Waals surface area (Å²) in [5.74, 6) is -7.22. The highest BCUT2D eigenvalue weighted by atomic mass is 19.1. The summed E-state index contributed by atoms with van der Waals surface area (Å²) < 4.78 is 66.1. The lowest BCUT2D eigenvalue weighted by Crippen LogP contribution is -2.71. The molecular formula is C55H89F2N3O14. The number of alkyl halides is 2. The zero-order chi connectivity index (χ0) is 55.2. The van der Waals surface area contributed by atoms with Gasteiger partial charge >= 0.3 is 5.97 Å². The number of likely N-dealkylation sites (N-methyl/N-ethyl adjacent to an activating group) is 1. The van der Waals surface area contributed by atoms with Gasteiger partial charge in [0.05, 0.1) is 42.0 Å². The molecule has 0 spiro atoms. The lowest BCUT2D eigenvalue weighted by Gasteiger charge is -2.63. The highest BCUT2D eigenvalue weighted by Crippen LogP contribution is 2.72. The van der Waals surface area contributed by atoms with E-state index in [1.54, 1.807) is 48.5 Å². The van der Waals surface area contributed by atoms with Gasteiger partial charge < -0.3 is 64.5 Å². The number of rotatable bonds is 9. The van der Waals surface area contributed by atoms with Gasteiger partial charge in [-0.25, -0.2) is 8.78 Å². The maximum Gasteiger partial charge on any atom is 0.311 e. The van der Waals surface area contributed by atoms with Crippen LogP contribution in [0.5, 0.6) is 0 Å². The minimum absolute atomic E-state index is 0.00380. The number of ether oxygens (including phenoxy) is 5. The number of nitrogens with zero attached hydrogens (tertiary/aromatic N) is 2. The molecule has 3 heterocycles. The van der Waals surface area contributed by atoms with Crippen molar-refractivity contribution >= 4 is 17.7 Å². The fourth-order valence-corrected chi connectivity index (χ4v) is 15.2. The molecule has 7 unspecified atom stereocenters. The molecule has 6 fully saturated rings. The molecule has 422 valence electrons. The monoisotopic (exact) mass is 1050 g/mol. The Bertz CT molecular complexity index is 2140. The highest BCUT2D eigenvalue weighted by molar-refractivity contribution is 6.01. The van der Waals surface area contributed by atoms with Crippen molar-refractivity contribution in [1.82, 2.24) is 15.1 Å². The molecule has 0 aromatic heterocycles. The summed E-state index contributed by atoms with van der Waals surface area (Å²) >= 11 is 0. The number of allylic oxidation sites excluding steroid dienone is 4. The third-order valence-electron chi connectivity index (χ3n) is 19.2. The zero-order valence-corrected chi connectivity index (χ0v) is 46.2. The second-order valence-corrected chi connectivity index (χ2v) is 25.2. The molecule has 3 aliphatic heterocycles. The van der Waals surface area contributed by atoms with Crippen molar-refractivity contribution in [3.05, 3.63) is 23.8 Å². The lowest BCUT2D eigenvalue weighted by molar-refractivity contribution is -0.299. The molecule has 7 aliphatic rings. The molecule has 0 bridgehead atoms. The summed E-state index contributed by atoms with van der Waals surface area (Å²) in [7, 11) is 3.69. The van der Waals surface area contributed by atoms with E-state index in [0.29, 0.717) is 12.8 Å². The van der Waals surface area contributed by atoms with Crippen LogP contribution < -0.4 is 5.32 Å². The maximum atomic E-state index is 18.1. The van der Waals surface area contributed by atoms with Crippen molar-refractivity contribution < 1.29 is 77.5 Å². The first-order valence-corrected chi connectivity index (χ1v) is 27.2. The first kappa shape index (κ1) is 59.1. The summed E-state index contributed by atoms with van der Waals surface area (Å²) in [6.07, 6.45) is -7.73. The summed E-state index contributed by atoms with van der Waals surface area (Å²) in [5.41, 5.74) is -10.6. The number of hydrogen-bond donors (Lipinski definition) is 7. The number of ketones is 1. The topological polar surface area (TPSA) is 237 Å². The third kappa shape index (κ3) is 9.89. The third-order valence-corrected chi connectivity index (χ3v) is 19.2. The van der Waals surface area contributed by atoms with Gasteiger partial charge in [0.2, 0.25) is 0 Å². The Morgan fingerprint density at radius 1 is 0.946 bits per heavy atom. The van der Waals surface area contributed by atoms with Crippen molar-refractivity contribution in [3.8, 4) is 0 Å². The molecule has 0 radical (unpaired) electrons. The predicted molar refractivity (Wildman–Crippen MR) is 268 cm³/mol. The van der Waals surface area contributed by atoms with Crippen LogP contribution in [0.25, 0.3) is 0 Å². The van der Waals surface area contributed by atoms with Gasteiger partial charge in [-0.2, -0.15) is 0 Å². The van der Waals surface area contributed by atoms with Gasteiger partial charge in [-0.15, -0.1) is 0 Å². The van der Waals surface area contributed by atoms with Crippen LogP contribution in [-0.2, 0) is 38.1 Å². The minimum atomic E-state index is -2.37. The fraction of sp³-hybridized carbons (Fsp3) is 0.873. The summed E-state index contributed by atoms with van der Waals surface area (Å²) in [6, 6.07) is -1.13. The molecule has 19 heteroatoms. The molecule has 74 heavy (non-hydrogen) atoms. The smallest absolute Gasteiger partial charge is 0.311 e. The number of hydrogen-bond acceptors (Lipinski definition) is 16. The van der Waals surface area contributed by atoms with Gasteiger partial charge in [-0.3, -0.25) is 19.3 Å². The number of halogens is 2. The Labute approximate surface area is 436 Å². The number of carbonyl (C=O) groups excluding carboxylic acids is 3. The van der Waals surface area contributed by atoms with E-state index >= 15 is 13.6 Å². The van der Waals surface area contributed by atoms with E-state index < -0.39 is 142 Å². The number of esters is 1. The Morgan fingerprint density at radius 2 is 1.61 bits per heavy atom. The molecule has 23 atom stereocenters. The number of amides is 1. The SMILES string of the molecule is CC[C@H]1OC(=O)[C@H](C)C(O)[C@H](C)C(OC2OC(C)C[C@@H](N(C)C)[C@H]2O)[C@](C)(O)C[C@@H](C)CN(CCCNC(=O)[C@@]23OC(C)(C)O[C@@H]2CC2C4C[C@H](F)C5=CC(=O)C=C[C@]5(C)[C@@]4(F)[C@@H](O)C[C@@]23C)[C@H](C)[C@@H](O)C1(C)O. The van der Waals surface area contributed by atoms with Crippen LogP contribution in [-0.4, -0.2) is 193 Å². The largest absolute Gasteiger partial charge is 0.459 e. The summed E-state index contributed by atoms with van der Waals surface area (Å²) in [5, 5.41) is 75.2. The predicted octanol–water partition coefficient (Wildman–Crippen LogP) is 3.67. The first-order valence-electron chi connectivity index (χ1n) is 27.2. The standard InChI is InChI=1S/C55H89F2N3O14/c1-15-40-53(12,69)44(65)32(6)60(27-28(2)25-52(11,68)45(30(4)42(63)31(5)46(66)71-40)72-47-43(64)38(59(13)14)21-29(3)70-47)20-16-19-58-48(67)55-41(73-49(7,8)74-55)24-34-35-23-37(56)36-22-33(61)17-18-50(36,9)54(35,57)39(62)26-51(34,55)10/h17-18,22,28-32,34-35,37-45,47,62-65,68-69H,15-16,19-21,23-27H2,1-14H3,(H,58,67)/t28-,29?,30+,31-,32-,34?,35?,37+,38-,39+,40-,41-,42?,43-,44-,45?,47?,50+,51+,52-,53?,54+,55+/m1/s1. The second-order valence-electron chi connectivity index (χ2n) is 25.2. The molecule has 0 aromatic carbocycles. The van der Waals surface area contributed by atoms with Gasteiger partial charge in [-0.1, -0.05) is 33.8 Å². The van der Waals surface area contributed by atoms with Gasteiger partial charge in [0, 0.05) is 54.4 Å². The van der Waals surface area contributed by atoms with Crippen LogP contribution in [0, 0.1) is 40.4 Å². The Morgan fingerprint density at radius 3 is 2.24 bits per heavy atom. The normalized spacial score (nSPS) is 50.1. The number of fused-ring (bicyclic) bond motifs is 7. The molecule has 7 rings (SSSR count). The average Bonchev–Trinajstić information content (AvgIpc) is 3.73. The Hall–Kier alpha value is -2.53. The number of cyclic esters (lactones) is 1. The molecular weight excluding hydrogens is 965 g/mol. The van der Waals surface area contributed by atoms with E-state index in [2.05, 4.69) is 5.32 Å². The van der Waals surface area contributed by atoms with Gasteiger partial charge in [0.1, 0.15) is 30.1 Å². The van der Waals surface area contributed by atoms with E-state index in [9.17, 15) is 40.2 Å². The zero-order valence-electron chi connectivity index (χ0n) is 46.2. The van der Waals surface area contributed by atoms with Crippen LogP contribution in [0.3, 0.4) is 0 Å². The van der Waals surface area contributed by atoms with E-state index in [-0.39, 0.29) is 75.4 Å². The molecule has 3 saturated carbocycles. The minimum Gasteiger partial charge on any atom is -0.459 e. The highest BCUT2D eigenvalue weighted by Gasteiger charge is 2.81. The van der Waals surface area contributed by atoms with Crippen molar-refractivity contribution in [2.24, 2.45) is 40.4 Å². The molecule has 3 saturated heterocycles. The number of carbonyl (C=O) groups is 3. The quantitative estimate of drug-likeness (QED) is 0.129. The Balaban J connectivity index is 1.14. The van der Waals surface area contributed by atoms with Gasteiger partial charge in [0.25, 0.3) is 5.91 Å². The van der Waals surface area contributed by atoms with Gasteiger partial charge in [0.15, 0.2) is 29.1 Å². The van der Waals surface area contributed by atoms with Crippen LogP contribution in [0.1, 0.15) is 128 Å². The Kier molecular flexibility index (Phi) is 16.7. The first-order chi connectivity index (χ1) is 34.1. The molecule has 0 aromatic rings. The second kappa shape index (κ2) is 20.9. The molecule has 4 aliphatic carbocycles. The van der Waals surface area contributed by atoms with Crippen LogP contribution in [0.4, 0.5) is 8.78 Å². The molecule has 17 nitrogen and oxygen atoms in total. The lowest BCUT2D eigenvalue weighted by atomic mass is 9.44. The number of aliphatic hydroxyl groups excluding tert-OH is 4. The molecule has 1 amide bonds. The number of nitrogens with one attached hydrogen (secondary N) is 1. The van der Waals surface area contributed by atoms with E-state index in [1.165, 1.54) is 32.9 Å². The van der Waals surface area contributed by atoms with Crippen LogP contribution >= 0.6 is 0 Å². The van der Waals surface area contributed by atoms with Crippen molar-refractivity contribution in [2.75, 3.05) is 33.7 Å². The summed E-state index contributed by atoms with van der Waals surface area (Å²) in [4.78, 5) is 45.1. The average molecular weight is 1050 g/mol. The maximum absolute atomic E-state index is 18.1. The van der Waals surface area contributed by atoms with Crippen molar-refractivity contribution in [1.29, 1.82) is 0 Å². The van der Waals surface area contributed by atoms with Crippen molar-refractivity contribution in [2.45, 2.75) is 230 Å². The molecule has 7 N–H and O–H groups in total. The van der Waals surface area contributed by atoms with Crippen LogP contribution in [0.2, 0.25) is 0 Å². The number of aliphatic hydroxyl groups is 6.